The van der Waals surface area contributed by atoms with E-state index < -0.39 is 0 Å². The summed E-state index contributed by atoms with van der Waals surface area (Å²) in [5.41, 5.74) is 3.65. The standard InChI is InChI=1S/C16H16N6O/c1-11-3-4-12(14-5-8-19-22(14)2)9-13(11)20-16(23)21-15-6-7-17-10-18-15/h3-10H,1-2H3,(H2,17,18,20,21,23). The number of hydrogen-bond donors (Lipinski definition) is 2. The van der Waals surface area contributed by atoms with E-state index in [9.17, 15) is 4.79 Å². The molecule has 0 unspecified atom stereocenters. The van der Waals surface area contributed by atoms with Gasteiger partial charge in [0, 0.05) is 30.7 Å². The Morgan fingerprint density at radius 2 is 2.00 bits per heavy atom. The highest BCUT2D eigenvalue weighted by molar-refractivity contribution is 6.00. The fourth-order valence-corrected chi connectivity index (χ4v) is 2.21. The summed E-state index contributed by atoms with van der Waals surface area (Å²) in [6.07, 6.45) is 4.69. The Hall–Kier alpha value is -3.22. The van der Waals surface area contributed by atoms with Crippen molar-refractivity contribution >= 4 is 17.5 Å². The van der Waals surface area contributed by atoms with Crippen LogP contribution in [0.5, 0.6) is 0 Å². The van der Waals surface area contributed by atoms with E-state index >= 15 is 0 Å². The van der Waals surface area contributed by atoms with Crippen molar-refractivity contribution in [2.24, 2.45) is 7.05 Å². The zero-order chi connectivity index (χ0) is 16.2. The minimum Gasteiger partial charge on any atom is -0.307 e. The Morgan fingerprint density at radius 3 is 2.70 bits per heavy atom. The second kappa shape index (κ2) is 6.27. The first-order valence-corrected chi connectivity index (χ1v) is 7.06. The van der Waals surface area contributed by atoms with Gasteiger partial charge < -0.3 is 5.32 Å². The number of benzene rings is 1. The van der Waals surface area contributed by atoms with Crippen LogP contribution in [0.4, 0.5) is 16.3 Å². The lowest BCUT2D eigenvalue weighted by Crippen LogP contribution is -2.20. The van der Waals surface area contributed by atoms with E-state index in [2.05, 4.69) is 25.7 Å². The van der Waals surface area contributed by atoms with Gasteiger partial charge in [0.05, 0.1) is 5.69 Å². The van der Waals surface area contributed by atoms with Crippen molar-refractivity contribution in [1.82, 2.24) is 19.7 Å². The number of nitrogens with one attached hydrogen (secondary N) is 2. The molecular weight excluding hydrogens is 292 g/mol. The van der Waals surface area contributed by atoms with Crippen LogP contribution in [0.2, 0.25) is 0 Å². The molecule has 0 saturated heterocycles. The molecule has 3 rings (SSSR count). The summed E-state index contributed by atoms with van der Waals surface area (Å²) in [4.78, 5) is 19.9. The number of nitrogens with zero attached hydrogens (tertiary/aromatic N) is 4. The summed E-state index contributed by atoms with van der Waals surface area (Å²) in [5.74, 6) is 0.443. The average molecular weight is 308 g/mol. The van der Waals surface area contributed by atoms with Gasteiger partial charge in [-0.15, -0.1) is 0 Å². The molecule has 2 N–H and O–H groups in total. The number of hydrogen-bond acceptors (Lipinski definition) is 4. The number of aryl methyl sites for hydroxylation is 2. The molecule has 2 heterocycles. The van der Waals surface area contributed by atoms with E-state index in [4.69, 9.17) is 0 Å². The van der Waals surface area contributed by atoms with E-state index in [-0.39, 0.29) is 6.03 Å². The first-order valence-electron chi connectivity index (χ1n) is 7.06. The minimum atomic E-state index is -0.353. The molecular formula is C16H16N6O. The first-order chi connectivity index (χ1) is 11.1. The van der Waals surface area contributed by atoms with Crippen LogP contribution in [0.25, 0.3) is 11.3 Å². The summed E-state index contributed by atoms with van der Waals surface area (Å²) in [7, 11) is 1.88. The predicted octanol–water partition coefficient (Wildman–Crippen LogP) is 2.83. The molecule has 116 valence electrons. The Labute approximate surface area is 133 Å². The third-order valence-electron chi connectivity index (χ3n) is 3.43. The number of urea groups is 1. The van der Waals surface area contributed by atoms with Crippen LogP contribution in [0.3, 0.4) is 0 Å². The third kappa shape index (κ3) is 3.34. The fraction of sp³-hybridized carbons (Fsp3) is 0.125. The van der Waals surface area contributed by atoms with Gasteiger partial charge in [0.2, 0.25) is 0 Å². The molecule has 0 aliphatic carbocycles. The second-order valence-corrected chi connectivity index (χ2v) is 5.04. The van der Waals surface area contributed by atoms with Gasteiger partial charge in [-0.2, -0.15) is 5.10 Å². The van der Waals surface area contributed by atoms with Crippen molar-refractivity contribution in [2.75, 3.05) is 10.6 Å². The maximum Gasteiger partial charge on any atom is 0.324 e. The van der Waals surface area contributed by atoms with Crippen molar-refractivity contribution in [1.29, 1.82) is 0 Å². The SMILES string of the molecule is Cc1ccc(-c2ccnn2C)cc1NC(=O)Nc1ccncn1. The van der Waals surface area contributed by atoms with Gasteiger partial charge in [0.25, 0.3) is 0 Å². The molecule has 2 aromatic heterocycles. The Bertz CT molecular complexity index is 828. The van der Waals surface area contributed by atoms with E-state index in [1.807, 2.05) is 38.2 Å². The lowest BCUT2D eigenvalue weighted by molar-refractivity contribution is 0.262. The number of anilines is 2. The lowest BCUT2D eigenvalue weighted by Gasteiger charge is -2.11. The molecule has 0 saturated carbocycles. The maximum atomic E-state index is 12.1. The van der Waals surface area contributed by atoms with Crippen LogP contribution in [-0.4, -0.2) is 25.8 Å². The number of aromatic nitrogens is 4. The molecule has 0 radical (unpaired) electrons. The highest BCUT2D eigenvalue weighted by atomic mass is 16.2. The summed E-state index contributed by atoms with van der Waals surface area (Å²) in [5, 5.41) is 9.67. The summed E-state index contributed by atoms with van der Waals surface area (Å²) >= 11 is 0. The molecule has 0 atom stereocenters. The van der Waals surface area contributed by atoms with Crippen molar-refractivity contribution in [3.8, 4) is 11.3 Å². The van der Waals surface area contributed by atoms with E-state index in [0.717, 1.165) is 22.5 Å². The van der Waals surface area contributed by atoms with Crippen molar-refractivity contribution in [2.45, 2.75) is 6.92 Å². The summed E-state index contributed by atoms with van der Waals surface area (Å²) < 4.78 is 1.79. The van der Waals surface area contributed by atoms with Gasteiger partial charge in [-0.05, 0) is 30.7 Å². The Balaban J connectivity index is 1.80. The molecule has 7 nitrogen and oxygen atoms in total. The number of amides is 2. The van der Waals surface area contributed by atoms with Crippen LogP contribution in [0, 0.1) is 6.92 Å². The van der Waals surface area contributed by atoms with Gasteiger partial charge in [-0.25, -0.2) is 14.8 Å². The van der Waals surface area contributed by atoms with Crippen molar-refractivity contribution in [3.63, 3.8) is 0 Å². The van der Waals surface area contributed by atoms with Crippen LogP contribution in [0.1, 0.15) is 5.56 Å². The topological polar surface area (TPSA) is 84.7 Å². The summed E-state index contributed by atoms with van der Waals surface area (Å²) in [6.45, 7) is 1.94. The molecule has 0 bridgehead atoms. The molecule has 7 heteroatoms. The lowest BCUT2D eigenvalue weighted by atomic mass is 10.1. The highest BCUT2D eigenvalue weighted by Crippen LogP contribution is 2.25. The Kier molecular flexibility index (Phi) is 4.01. The van der Waals surface area contributed by atoms with Gasteiger partial charge in [0.1, 0.15) is 12.1 Å². The second-order valence-electron chi connectivity index (χ2n) is 5.04. The highest BCUT2D eigenvalue weighted by Gasteiger charge is 2.09. The molecule has 0 aliphatic heterocycles. The van der Waals surface area contributed by atoms with Gasteiger partial charge in [0.15, 0.2) is 0 Å². The average Bonchev–Trinajstić information content (AvgIpc) is 2.96. The van der Waals surface area contributed by atoms with Gasteiger partial charge in [-0.3, -0.25) is 10.00 Å². The van der Waals surface area contributed by atoms with Crippen molar-refractivity contribution in [3.05, 3.63) is 54.6 Å². The molecule has 1 aromatic carbocycles. The summed E-state index contributed by atoms with van der Waals surface area (Å²) in [6, 6.07) is 9.08. The molecule has 3 aromatic rings. The third-order valence-corrected chi connectivity index (χ3v) is 3.43. The van der Waals surface area contributed by atoms with E-state index in [0.29, 0.717) is 5.82 Å². The predicted molar refractivity (Wildman–Crippen MR) is 88.1 cm³/mol. The number of carbonyl (C=O) groups excluding carboxylic acids is 1. The quantitative estimate of drug-likeness (QED) is 0.779. The minimum absolute atomic E-state index is 0.353. The van der Waals surface area contributed by atoms with Crippen LogP contribution < -0.4 is 10.6 Å². The monoisotopic (exact) mass is 308 g/mol. The van der Waals surface area contributed by atoms with E-state index in [1.165, 1.54) is 6.33 Å². The number of carbonyl (C=O) groups is 1. The fourth-order valence-electron chi connectivity index (χ4n) is 2.21. The molecule has 0 aliphatic rings. The molecule has 2 amide bonds. The first kappa shape index (κ1) is 14.7. The molecule has 0 fully saturated rings. The normalized spacial score (nSPS) is 10.3. The Morgan fingerprint density at radius 1 is 1.13 bits per heavy atom. The van der Waals surface area contributed by atoms with Crippen LogP contribution in [-0.2, 0) is 7.05 Å². The van der Waals surface area contributed by atoms with Gasteiger partial charge in [-0.1, -0.05) is 12.1 Å². The van der Waals surface area contributed by atoms with Gasteiger partial charge >= 0.3 is 6.03 Å². The zero-order valence-corrected chi connectivity index (χ0v) is 12.8. The zero-order valence-electron chi connectivity index (χ0n) is 12.8. The maximum absolute atomic E-state index is 12.1. The number of rotatable bonds is 3. The smallest absolute Gasteiger partial charge is 0.307 e. The van der Waals surface area contributed by atoms with Crippen molar-refractivity contribution < 1.29 is 4.79 Å². The van der Waals surface area contributed by atoms with E-state index in [1.54, 1.807) is 23.1 Å². The largest absolute Gasteiger partial charge is 0.324 e. The van der Waals surface area contributed by atoms with Crippen LogP contribution >= 0.6 is 0 Å². The van der Waals surface area contributed by atoms with Crippen LogP contribution in [0.15, 0.2) is 49.1 Å². The molecule has 23 heavy (non-hydrogen) atoms. The molecule has 0 spiro atoms.